The second-order valence-corrected chi connectivity index (χ2v) is 7.16. The minimum absolute atomic E-state index is 0.0424. The molecule has 2 aromatic rings. The summed E-state index contributed by atoms with van der Waals surface area (Å²) < 4.78 is 36.5. The molecule has 1 atom stereocenters. The van der Waals surface area contributed by atoms with Crippen LogP contribution in [0.3, 0.4) is 0 Å². The molecule has 0 aromatic heterocycles. The quantitative estimate of drug-likeness (QED) is 0.893. The first-order chi connectivity index (χ1) is 10.3. The van der Waals surface area contributed by atoms with Crippen LogP contribution in [0.4, 0.5) is 10.1 Å². The van der Waals surface area contributed by atoms with E-state index in [2.05, 4.69) is 11.4 Å². The molecule has 3 N–H and O–H groups in total. The molecule has 3 rings (SSSR count). The third-order valence-electron chi connectivity index (χ3n) is 3.96. The van der Waals surface area contributed by atoms with Gasteiger partial charge in [-0.25, -0.2) is 17.9 Å². The maximum atomic E-state index is 14.0. The number of benzene rings is 2. The number of primary sulfonamides is 1. The Morgan fingerprint density at radius 2 is 2.00 bits per heavy atom. The summed E-state index contributed by atoms with van der Waals surface area (Å²) in [5.41, 5.74) is 4.22. The van der Waals surface area contributed by atoms with Crippen LogP contribution in [0.5, 0.6) is 0 Å². The molecule has 0 aliphatic carbocycles. The van der Waals surface area contributed by atoms with Crippen molar-refractivity contribution in [2.75, 3.05) is 5.32 Å². The molecular weight excluding hydrogens is 303 g/mol. The Morgan fingerprint density at radius 3 is 2.68 bits per heavy atom. The molecule has 0 amide bonds. The lowest BCUT2D eigenvalue weighted by Gasteiger charge is -2.28. The third kappa shape index (κ3) is 2.84. The molecule has 0 bridgehead atoms. The summed E-state index contributed by atoms with van der Waals surface area (Å²) in [4.78, 5) is -0.469. The smallest absolute Gasteiger partial charge is 0.240 e. The van der Waals surface area contributed by atoms with E-state index in [1.54, 1.807) is 6.07 Å². The molecule has 22 heavy (non-hydrogen) atoms. The van der Waals surface area contributed by atoms with Crippen molar-refractivity contribution < 1.29 is 12.8 Å². The van der Waals surface area contributed by atoms with Crippen LogP contribution in [0.25, 0.3) is 0 Å². The number of hydrogen-bond donors (Lipinski definition) is 2. The van der Waals surface area contributed by atoms with Gasteiger partial charge in [-0.1, -0.05) is 23.8 Å². The Kier molecular flexibility index (Phi) is 3.66. The van der Waals surface area contributed by atoms with Gasteiger partial charge < -0.3 is 5.32 Å². The highest BCUT2D eigenvalue weighted by Gasteiger charge is 2.22. The van der Waals surface area contributed by atoms with Crippen LogP contribution >= 0.6 is 0 Å². The summed E-state index contributed by atoms with van der Waals surface area (Å²) in [6.07, 6.45) is 1.72. The molecule has 1 heterocycles. The number of hydrogen-bond acceptors (Lipinski definition) is 3. The second-order valence-electron chi connectivity index (χ2n) is 5.63. The number of nitrogens with two attached hydrogens (primary N) is 1. The minimum Gasteiger partial charge on any atom is -0.378 e. The van der Waals surface area contributed by atoms with E-state index in [1.807, 2.05) is 19.1 Å². The van der Waals surface area contributed by atoms with E-state index in [-0.39, 0.29) is 6.04 Å². The Morgan fingerprint density at radius 1 is 1.23 bits per heavy atom. The van der Waals surface area contributed by atoms with E-state index in [0.29, 0.717) is 0 Å². The van der Waals surface area contributed by atoms with Crippen molar-refractivity contribution in [3.8, 4) is 0 Å². The molecule has 1 unspecified atom stereocenters. The average molecular weight is 320 g/mol. The Bertz CT molecular complexity index is 834. The van der Waals surface area contributed by atoms with E-state index >= 15 is 0 Å². The van der Waals surface area contributed by atoms with E-state index in [1.165, 1.54) is 23.3 Å². The SMILES string of the molecule is Cc1ccc2c(c1)CCC(c1ccc(S(N)(=O)=O)c(F)c1)N2. The minimum atomic E-state index is -4.03. The van der Waals surface area contributed by atoms with E-state index in [0.717, 1.165) is 24.1 Å². The normalized spacial score (nSPS) is 17.7. The maximum Gasteiger partial charge on any atom is 0.240 e. The lowest BCUT2D eigenvalue weighted by Crippen LogP contribution is -2.19. The predicted octanol–water partition coefficient (Wildman–Crippen LogP) is 2.88. The van der Waals surface area contributed by atoms with Crippen molar-refractivity contribution in [1.82, 2.24) is 0 Å². The summed E-state index contributed by atoms with van der Waals surface area (Å²) in [6.45, 7) is 2.05. The second kappa shape index (κ2) is 5.37. The molecule has 0 fully saturated rings. The highest BCUT2D eigenvalue weighted by Crippen LogP contribution is 2.33. The largest absolute Gasteiger partial charge is 0.378 e. The first-order valence-electron chi connectivity index (χ1n) is 7.03. The van der Waals surface area contributed by atoms with Gasteiger partial charge in [-0.15, -0.1) is 0 Å². The molecule has 116 valence electrons. The first kappa shape index (κ1) is 15.0. The highest BCUT2D eigenvalue weighted by atomic mass is 32.2. The Labute approximate surface area is 129 Å². The Balaban J connectivity index is 1.90. The van der Waals surface area contributed by atoms with E-state index in [4.69, 9.17) is 5.14 Å². The van der Waals surface area contributed by atoms with Gasteiger partial charge in [0.1, 0.15) is 10.7 Å². The van der Waals surface area contributed by atoms with E-state index in [9.17, 15) is 12.8 Å². The van der Waals surface area contributed by atoms with Crippen LogP contribution in [0.2, 0.25) is 0 Å². The van der Waals surface area contributed by atoms with Crippen LogP contribution in [-0.4, -0.2) is 8.42 Å². The average Bonchev–Trinajstić information content (AvgIpc) is 2.45. The fourth-order valence-electron chi connectivity index (χ4n) is 2.84. The predicted molar refractivity (Wildman–Crippen MR) is 83.6 cm³/mol. The summed E-state index contributed by atoms with van der Waals surface area (Å²) >= 11 is 0. The summed E-state index contributed by atoms with van der Waals surface area (Å²) in [7, 11) is -4.03. The van der Waals surface area contributed by atoms with Crippen molar-refractivity contribution in [2.24, 2.45) is 5.14 Å². The fraction of sp³-hybridized carbons (Fsp3) is 0.250. The number of aryl methyl sites for hydroxylation is 2. The van der Waals surface area contributed by atoms with Gasteiger partial charge in [0, 0.05) is 5.69 Å². The lowest BCUT2D eigenvalue weighted by molar-refractivity contribution is 0.563. The standard InChI is InChI=1S/C16H17FN2O2S/c1-10-2-5-14-11(8-10)3-6-15(19-14)12-4-7-16(13(17)9-12)22(18,20)21/h2,4-5,7-9,15,19H,3,6H2,1H3,(H2,18,20,21). The summed E-state index contributed by atoms with van der Waals surface area (Å²) in [5, 5.41) is 8.36. The Hall–Kier alpha value is -1.92. The molecule has 0 radical (unpaired) electrons. The van der Waals surface area contributed by atoms with E-state index < -0.39 is 20.7 Å². The van der Waals surface area contributed by atoms with Gasteiger partial charge in [0.15, 0.2) is 0 Å². The van der Waals surface area contributed by atoms with Crippen molar-refractivity contribution >= 4 is 15.7 Å². The highest BCUT2D eigenvalue weighted by molar-refractivity contribution is 7.89. The van der Waals surface area contributed by atoms with Gasteiger partial charge in [-0.05, 0) is 49.1 Å². The molecule has 4 nitrogen and oxygen atoms in total. The van der Waals surface area contributed by atoms with Crippen molar-refractivity contribution in [1.29, 1.82) is 0 Å². The third-order valence-corrected chi connectivity index (χ3v) is 4.90. The lowest BCUT2D eigenvalue weighted by atomic mass is 9.92. The maximum absolute atomic E-state index is 14.0. The van der Waals surface area contributed by atoms with Gasteiger partial charge in [0.25, 0.3) is 0 Å². The van der Waals surface area contributed by atoms with Crippen molar-refractivity contribution in [3.63, 3.8) is 0 Å². The van der Waals surface area contributed by atoms with Crippen LogP contribution in [0.15, 0.2) is 41.3 Å². The summed E-state index contributed by atoms with van der Waals surface area (Å²) in [5.74, 6) is -0.809. The molecule has 0 spiro atoms. The topological polar surface area (TPSA) is 72.2 Å². The van der Waals surface area contributed by atoms with Gasteiger partial charge in [0.05, 0.1) is 6.04 Å². The first-order valence-corrected chi connectivity index (χ1v) is 8.57. The molecule has 1 aliphatic rings. The molecule has 6 heteroatoms. The number of halogens is 1. The number of fused-ring (bicyclic) bond motifs is 1. The summed E-state index contributed by atoms with van der Waals surface area (Å²) in [6, 6.07) is 10.2. The van der Waals surface area contributed by atoms with Crippen LogP contribution in [-0.2, 0) is 16.4 Å². The van der Waals surface area contributed by atoms with Gasteiger partial charge >= 0.3 is 0 Å². The molecule has 1 aliphatic heterocycles. The number of anilines is 1. The number of sulfonamides is 1. The van der Waals surface area contributed by atoms with Crippen LogP contribution in [0.1, 0.15) is 29.2 Å². The molecule has 0 saturated carbocycles. The number of rotatable bonds is 2. The fourth-order valence-corrected chi connectivity index (χ4v) is 3.43. The zero-order valence-corrected chi connectivity index (χ0v) is 13.0. The zero-order chi connectivity index (χ0) is 15.9. The monoisotopic (exact) mass is 320 g/mol. The molecule has 2 aromatic carbocycles. The van der Waals surface area contributed by atoms with Gasteiger partial charge in [-0.2, -0.15) is 0 Å². The van der Waals surface area contributed by atoms with Gasteiger partial charge in [0.2, 0.25) is 10.0 Å². The van der Waals surface area contributed by atoms with Gasteiger partial charge in [-0.3, -0.25) is 0 Å². The van der Waals surface area contributed by atoms with Crippen molar-refractivity contribution in [2.45, 2.75) is 30.7 Å². The molecular formula is C16H17FN2O2S. The van der Waals surface area contributed by atoms with Crippen LogP contribution in [0, 0.1) is 12.7 Å². The zero-order valence-electron chi connectivity index (χ0n) is 12.1. The van der Waals surface area contributed by atoms with Crippen molar-refractivity contribution in [3.05, 3.63) is 58.9 Å². The van der Waals surface area contributed by atoms with Crippen LogP contribution < -0.4 is 10.5 Å². The number of nitrogens with one attached hydrogen (secondary N) is 1. The molecule has 0 saturated heterocycles.